The number of nitrogens with zero attached hydrogens (tertiary/aromatic N) is 3. The Balaban J connectivity index is 1.66. The molecule has 4 heterocycles. The number of ether oxygens (including phenoxy) is 1. The number of pyridine rings is 2. The van der Waals surface area contributed by atoms with Crippen molar-refractivity contribution in [2.24, 2.45) is 0 Å². The smallest absolute Gasteiger partial charge is 0.259 e. The molecule has 4 aromatic rings. The summed E-state index contributed by atoms with van der Waals surface area (Å²) in [5.74, 6) is 1.33. The van der Waals surface area contributed by atoms with Crippen molar-refractivity contribution in [1.82, 2.24) is 25.3 Å². The lowest BCUT2D eigenvalue weighted by molar-refractivity contribution is 0.399. The molecule has 5 rings (SSSR count). The molecule has 0 aliphatic carbocycles. The van der Waals surface area contributed by atoms with Crippen LogP contribution in [0.3, 0.4) is 0 Å². The number of methoxy groups -OCH3 is 1. The minimum Gasteiger partial charge on any atom is -0.478 e. The SMILES string of the molecule is COc1nc(-c2cc3cc[nH]c(=O)c3c(Nc3cccc(C)c3C3CCNCC3)n2)cnc1N. The number of anilines is 3. The number of hydrogen-bond acceptors (Lipinski definition) is 8. The van der Waals surface area contributed by atoms with Gasteiger partial charge in [0.2, 0.25) is 0 Å². The first-order chi connectivity index (χ1) is 16.5. The maximum atomic E-state index is 12.8. The second kappa shape index (κ2) is 9.11. The third-order valence-electron chi connectivity index (χ3n) is 6.30. The van der Waals surface area contributed by atoms with E-state index in [1.54, 1.807) is 12.4 Å². The van der Waals surface area contributed by atoms with Crippen molar-refractivity contribution < 1.29 is 4.74 Å². The highest BCUT2D eigenvalue weighted by Gasteiger charge is 2.21. The van der Waals surface area contributed by atoms with Gasteiger partial charge >= 0.3 is 0 Å². The Morgan fingerprint density at radius 1 is 1.15 bits per heavy atom. The van der Waals surface area contributed by atoms with Gasteiger partial charge in [-0.05, 0) is 73.5 Å². The highest BCUT2D eigenvalue weighted by atomic mass is 16.5. The van der Waals surface area contributed by atoms with Gasteiger partial charge < -0.3 is 26.1 Å². The number of rotatable bonds is 5. The molecule has 0 atom stereocenters. The number of piperidine rings is 1. The maximum Gasteiger partial charge on any atom is 0.259 e. The van der Waals surface area contributed by atoms with E-state index in [0.717, 1.165) is 37.0 Å². The van der Waals surface area contributed by atoms with E-state index in [4.69, 9.17) is 15.5 Å². The predicted molar refractivity (Wildman–Crippen MR) is 134 cm³/mol. The van der Waals surface area contributed by atoms with E-state index < -0.39 is 0 Å². The molecule has 9 nitrogen and oxygen atoms in total. The topological polar surface area (TPSA) is 131 Å². The number of nitrogens with two attached hydrogens (primary N) is 1. The number of nitrogen functional groups attached to an aromatic ring is 1. The summed E-state index contributed by atoms with van der Waals surface area (Å²) < 4.78 is 5.23. The molecule has 1 saturated heterocycles. The second-order valence-electron chi connectivity index (χ2n) is 8.46. The van der Waals surface area contributed by atoms with Crippen LogP contribution in [0.2, 0.25) is 0 Å². The van der Waals surface area contributed by atoms with Crippen molar-refractivity contribution in [2.45, 2.75) is 25.7 Å². The zero-order valence-corrected chi connectivity index (χ0v) is 19.2. The number of hydrogen-bond donors (Lipinski definition) is 4. The Hall–Kier alpha value is -3.98. The lowest BCUT2D eigenvalue weighted by atomic mass is 9.86. The van der Waals surface area contributed by atoms with Crippen LogP contribution >= 0.6 is 0 Å². The first kappa shape index (κ1) is 21.8. The fraction of sp³-hybridized carbons (Fsp3) is 0.280. The zero-order valence-electron chi connectivity index (χ0n) is 19.2. The number of benzene rings is 1. The first-order valence-electron chi connectivity index (χ1n) is 11.3. The lowest BCUT2D eigenvalue weighted by Gasteiger charge is -2.27. The fourth-order valence-electron chi connectivity index (χ4n) is 4.66. The van der Waals surface area contributed by atoms with Gasteiger partial charge in [-0.15, -0.1) is 0 Å². The normalized spacial score (nSPS) is 14.3. The van der Waals surface area contributed by atoms with E-state index in [2.05, 4.69) is 38.6 Å². The largest absolute Gasteiger partial charge is 0.478 e. The minimum absolute atomic E-state index is 0.202. The van der Waals surface area contributed by atoms with Gasteiger partial charge in [-0.2, -0.15) is 0 Å². The molecule has 0 bridgehead atoms. The van der Waals surface area contributed by atoms with Crippen LogP contribution in [-0.2, 0) is 0 Å². The van der Waals surface area contributed by atoms with E-state index in [1.165, 1.54) is 18.2 Å². The lowest BCUT2D eigenvalue weighted by Crippen LogP contribution is -2.27. The molecule has 1 aliphatic heterocycles. The van der Waals surface area contributed by atoms with E-state index >= 15 is 0 Å². The zero-order chi connectivity index (χ0) is 23.7. The summed E-state index contributed by atoms with van der Waals surface area (Å²) in [7, 11) is 1.49. The van der Waals surface area contributed by atoms with Crippen LogP contribution in [0, 0.1) is 6.92 Å². The predicted octanol–water partition coefficient (Wildman–Crippen LogP) is 3.49. The number of fused-ring (bicyclic) bond motifs is 1. The summed E-state index contributed by atoms with van der Waals surface area (Å²) in [5, 5.41) is 8.15. The molecule has 1 aliphatic rings. The van der Waals surface area contributed by atoms with Gasteiger partial charge in [-0.25, -0.2) is 15.0 Å². The maximum absolute atomic E-state index is 12.8. The van der Waals surface area contributed by atoms with Gasteiger partial charge in [0.15, 0.2) is 5.82 Å². The number of aryl methyl sites for hydroxylation is 1. The number of nitrogens with one attached hydrogen (secondary N) is 3. The fourth-order valence-corrected chi connectivity index (χ4v) is 4.66. The highest BCUT2D eigenvalue weighted by Crippen LogP contribution is 2.36. The molecule has 34 heavy (non-hydrogen) atoms. The molecule has 1 aromatic carbocycles. The van der Waals surface area contributed by atoms with Gasteiger partial charge in [0, 0.05) is 11.9 Å². The summed E-state index contributed by atoms with van der Waals surface area (Å²) in [6, 6.07) is 9.87. The summed E-state index contributed by atoms with van der Waals surface area (Å²) in [4.78, 5) is 29.0. The van der Waals surface area contributed by atoms with Crippen molar-refractivity contribution in [3.8, 4) is 17.3 Å². The van der Waals surface area contributed by atoms with Crippen molar-refractivity contribution in [3.05, 3.63) is 64.2 Å². The number of aromatic amines is 1. The van der Waals surface area contributed by atoms with Crippen LogP contribution in [-0.4, -0.2) is 40.1 Å². The Morgan fingerprint density at radius 3 is 2.76 bits per heavy atom. The molecule has 0 unspecified atom stereocenters. The van der Waals surface area contributed by atoms with E-state index in [-0.39, 0.29) is 17.3 Å². The van der Waals surface area contributed by atoms with Gasteiger partial charge in [-0.1, -0.05) is 12.1 Å². The van der Waals surface area contributed by atoms with Gasteiger partial charge in [0.25, 0.3) is 11.4 Å². The van der Waals surface area contributed by atoms with Crippen molar-refractivity contribution in [2.75, 3.05) is 31.2 Å². The van der Waals surface area contributed by atoms with Crippen LogP contribution in [0.5, 0.6) is 5.88 Å². The number of H-pyrrole nitrogens is 1. The van der Waals surface area contributed by atoms with Gasteiger partial charge in [0.1, 0.15) is 11.5 Å². The molecule has 5 N–H and O–H groups in total. The van der Waals surface area contributed by atoms with Crippen LogP contribution < -0.4 is 26.7 Å². The first-order valence-corrected chi connectivity index (χ1v) is 11.3. The van der Waals surface area contributed by atoms with Crippen LogP contribution in [0.15, 0.2) is 47.5 Å². The molecule has 3 aromatic heterocycles. The Labute approximate surface area is 196 Å². The minimum atomic E-state index is -0.212. The Morgan fingerprint density at radius 2 is 1.97 bits per heavy atom. The molecule has 0 saturated carbocycles. The molecule has 1 fully saturated rings. The van der Waals surface area contributed by atoms with E-state index in [0.29, 0.717) is 28.5 Å². The molecule has 0 radical (unpaired) electrons. The van der Waals surface area contributed by atoms with Crippen LogP contribution in [0.25, 0.3) is 22.2 Å². The van der Waals surface area contributed by atoms with E-state index in [1.807, 2.05) is 24.3 Å². The highest BCUT2D eigenvalue weighted by molar-refractivity contribution is 5.95. The van der Waals surface area contributed by atoms with Crippen LogP contribution in [0.1, 0.15) is 29.9 Å². The van der Waals surface area contributed by atoms with Gasteiger partial charge in [-0.3, -0.25) is 4.79 Å². The summed E-state index contributed by atoms with van der Waals surface area (Å²) in [6.07, 6.45) is 5.31. The quantitative estimate of drug-likeness (QED) is 0.358. The van der Waals surface area contributed by atoms with E-state index in [9.17, 15) is 4.79 Å². The Kier molecular flexibility index (Phi) is 5.85. The summed E-state index contributed by atoms with van der Waals surface area (Å²) in [5.41, 5.74) is 10.1. The van der Waals surface area contributed by atoms with Gasteiger partial charge in [0.05, 0.1) is 24.4 Å². The third kappa shape index (κ3) is 4.06. The summed E-state index contributed by atoms with van der Waals surface area (Å²) in [6.45, 7) is 4.12. The monoisotopic (exact) mass is 457 g/mol. The molecule has 0 amide bonds. The summed E-state index contributed by atoms with van der Waals surface area (Å²) >= 11 is 0. The Bertz CT molecular complexity index is 1410. The average molecular weight is 458 g/mol. The second-order valence-corrected chi connectivity index (χ2v) is 8.46. The molecular formula is C25H27N7O2. The third-order valence-corrected chi connectivity index (χ3v) is 6.30. The molecule has 174 valence electrons. The number of aromatic nitrogens is 4. The standard InChI is InChI=1S/C25H27N7O2/c1-14-4-3-5-17(20(14)15-6-9-27-10-7-15)30-23-21-16(8-11-28-24(21)33)12-18(31-23)19-13-29-22(26)25(32-19)34-2/h3-5,8,11-13,15,27H,6-7,9-10H2,1-2H3,(H2,26,29)(H,28,33)(H,30,31). The van der Waals surface area contributed by atoms with Crippen LogP contribution in [0.4, 0.5) is 17.3 Å². The molecular weight excluding hydrogens is 430 g/mol. The van der Waals surface area contributed by atoms with Crippen molar-refractivity contribution in [3.63, 3.8) is 0 Å². The van der Waals surface area contributed by atoms with Crippen molar-refractivity contribution in [1.29, 1.82) is 0 Å². The molecule has 0 spiro atoms. The average Bonchev–Trinajstić information content (AvgIpc) is 2.85. The van der Waals surface area contributed by atoms with Crippen molar-refractivity contribution >= 4 is 28.1 Å². The molecule has 9 heteroatoms.